The minimum Gasteiger partial charge on any atom is -0.389 e. The predicted octanol–water partition coefficient (Wildman–Crippen LogP) is 5.50. The predicted molar refractivity (Wildman–Crippen MR) is 114 cm³/mol. The van der Waals surface area contributed by atoms with Crippen LogP contribution in [0.2, 0.25) is 0 Å². The second kappa shape index (κ2) is 15.4. The van der Waals surface area contributed by atoms with Gasteiger partial charge in [0.05, 0.1) is 6.10 Å². The van der Waals surface area contributed by atoms with E-state index < -0.39 is 6.10 Å². The molecule has 0 amide bonds. The maximum Gasteiger partial charge on any atom is 0.0736 e. The molecule has 0 saturated heterocycles. The van der Waals surface area contributed by atoms with Gasteiger partial charge < -0.3 is 10.4 Å². The van der Waals surface area contributed by atoms with Gasteiger partial charge >= 0.3 is 0 Å². The van der Waals surface area contributed by atoms with E-state index in [0.29, 0.717) is 0 Å². The number of aryl methyl sites for hydroxylation is 1. The molecular formula is C24H35NO. The number of unbranched alkanes of at least 4 members (excludes halogenated alkanes) is 1. The lowest BCUT2D eigenvalue weighted by molar-refractivity contribution is 0.211. The molecule has 0 aliphatic heterocycles. The Morgan fingerprint density at radius 3 is 2.42 bits per heavy atom. The summed E-state index contributed by atoms with van der Waals surface area (Å²) in [6.07, 6.45) is 21.0. The molecule has 1 aromatic carbocycles. The zero-order valence-electron chi connectivity index (χ0n) is 16.4. The summed E-state index contributed by atoms with van der Waals surface area (Å²) < 4.78 is 0. The van der Waals surface area contributed by atoms with Crippen molar-refractivity contribution < 1.29 is 5.11 Å². The molecule has 0 aliphatic rings. The van der Waals surface area contributed by atoms with Crippen molar-refractivity contribution in [3.05, 3.63) is 84.0 Å². The normalized spacial score (nSPS) is 13.7. The lowest BCUT2D eigenvalue weighted by Gasteiger charge is -2.10. The highest BCUT2D eigenvalue weighted by atomic mass is 16.3. The van der Waals surface area contributed by atoms with Crippen molar-refractivity contribution in [2.45, 2.75) is 58.6 Å². The molecule has 0 heterocycles. The third-order valence-electron chi connectivity index (χ3n) is 4.14. The number of allylic oxidation sites excluding steroid dienone is 7. The fourth-order valence-electron chi connectivity index (χ4n) is 2.62. The van der Waals surface area contributed by atoms with Gasteiger partial charge in [-0.15, -0.1) is 0 Å². The van der Waals surface area contributed by atoms with Crippen molar-refractivity contribution in [1.82, 2.24) is 5.32 Å². The van der Waals surface area contributed by atoms with Crippen LogP contribution in [0, 0.1) is 0 Å². The molecule has 0 bridgehead atoms. The van der Waals surface area contributed by atoms with Crippen LogP contribution in [-0.4, -0.2) is 17.8 Å². The molecule has 142 valence electrons. The van der Waals surface area contributed by atoms with Crippen LogP contribution in [-0.2, 0) is 13.0 Å². The van der Waals surface area contributed by atoms with Gasteiger partial charge in [-0.3, -0.25) is 0 Å². The first-order valence-corrected chi connectivity index (χ1v) is 9.88. The highest BCUT2D eigenvalue weighted by Gasteiger charge is 2.01. The lowest BCUT2D eigenvalue weighted by atomic mass is 10.1. The number of nitrogens with one attached hydrogen (secondary N) is 1. The third-order valence-corrected chi connectivity index (χ3v) is 4.14. The summed E-state index contributed by atoms with van der Waals surface area (Å²) in [5.41, 5.74) is 2.74. The van der Waals surface area contributed by atoms with Gasteiger partial charge in [-0.25, -0.2) is 0 Å². The molecule has 1 aromatic rings. The smallest absolute Gasteiger partial charge is 0.0736 e. The molecular weight excluding hydrogens is 318 g/mol. The molecule has 0 aliphatic carbocycles. The van der Waals surface area contributed by atoms with Gasteiger partial charge in [-0.1, -0.05) is 86.7 Å². The number of benzene rings is 1. The van der Waals surface area contributed by atoms with E-state index in [0.717, 1.165) is 45.2 Å². The van der Waals surface area contributed by atoms with Crippen LogP contribution in [0.15, 0.2) is 72.9 Å². The average Bonchev–Trinajstić information content (AvgIpc) is 2.67. The van der Waals surface area contributed by atoms with Crippen molar-refractivity contribution in [2.24, 2.45) is 0 Å². The second-order valence-corrected chi connectivity index (χ2v) is 6.31. The van der Waals surface area contributed by atoms with Crippen LogP contribution in [0.5, 0.6) is 0 Å². The standard InChI is InChI=1S/C24H35NO/c1-3-5-6-7-8-9-10-11-12-13-18-24(26)19-20-25-21-23-17-15-14-16-22(23)4-2/h5-6,9-18,24-26H,3-4,7-8,19-21H2,1-2H3/b6-5-,10-9+,12-11-,18-13+. The van der Waals surface area contributed by atoms with E-state index in [1.54, 1.807) is 0 Å². The molecule has 1 atom stereocenters. The summed E-state index contributed by atoms with van der Waals surface area (Å²) >= 11 is 0. The van der Waals surface area contributed by atoms with Crippen molar-refractivity contribution in [3.63, 3.8) is 0 Å². The van der Waals surface area contributed by atoms with E-state index in [4.69, 9.17) is 0 Å². The molecule has 2 N–H and O–H groups in total. The Labute approximate surface area is 160 Å². The monoisotopic (exact) mass is 353 g/mol. The van der Waals surface area contributed by atoms with Gasteiger partial charge in [0.1, 0.15) is 0 Å². The zero-order chi connectivity index (χ0) is 18.9. The van der Waals surface area contributed by atoms with E-state index in [-0.39, 0.29) is 0 Å². The van der Waals surface area contributed by atoms with Gasteiger partial charge in [0, 0.05) is 6.54 Å². The molecule has 0 saturated carbocycles. The molecule has 0 fully saturated rings. The number of hydrogen-bond donors (Lipinski definition) is 2. The van der Waals surface area contributed by atoms with E-state index in [1.165, 1.54) is 11.1 Å². The van der Waals surface area contributed by atoms with Crippen molar-refractivity contribution in [2.75, 3.05) is 6.54 Å². The summed E-state index contributed by atoms with van der Waals surface area (Å²) in [6, 6.07) is 8.51. The Bertz CT molecular complexity index is 584. The summed E-state index contributed by atoms with van der Waals surface area (Å²) in [5.74, 6) is 0. The maximum atomic E-state index is 9.98. The first kappa shape index (κ1) is 22.1. The van der Waals surface area contributed by atoms with Gasteiger partial charge in [0.25, 0.3) is 0 Å². The Kier molecular flexibility index (Phi) is 13.1. The van der Waals surface area contributed by atoms with Crippen LogP contribution in [0.3, 0.4) is 0 Å². The lowest BCUT2D eigenvalue weighted by Crippen LogP contribution is -2.19. The Morgan fingerprint density at radius 1 is 0.923 bits per heavy atom. The van der Waals surface area contributed by atoms with E-state index in [2.05, 4.69) is 67.7 Å². The third kappa shape index (κ3) is 10.9. The Balaban J connectivity index is 2.14. The molecule has 2 heteroatoms. The average molecular weight is 354 g/mol. The van der Waals surface area contributed by atoms with Gasteiger partial charge in [-0.05, 0) is 49.8 Å². The maximum absolute atomic E-state index is 9.98. The minimum atomic E-state index is -0.406. The molecule has 2 nitrogen and oxygen atoms in total. The van der Waals surface area contributed by atoms with E-state index in [1.807, 2.05) is 24.3 Å². The summed E-state index contributed by atoms with van der Waals surface area (Å²) in [4.78, 5) is 0. The second-order valence-electron chi connectivity index (χ2n) is 6.31. The molecule has 0 spiro atoms. The van der Waals surface area contributed by atoms with Crippen LogP contribution in [0.4, 0.5) is 0 Å². The van der Waals surface area contributed by atoms with Gasteiger partial charge in [0.2, 0.25) is 0 Å². The van der Waals surface area contributed by atoms with Gasteiger partial charge in [0.15, 0.2) is 0 Å². The topological polar surface area (TPSA) is 32.3 Å². The molecule has 26 heavy (non-hydrogen) atoms. The fraction of sp³-hybridized carbons (Fsp3) is 0.417. The van der Waals surface area contributed by atoms with Crippen molar-refractivity contribution in [1.29, 1.82) is 0 Å². The minimum absolute atomic E-state index is 0.406. The van der Waals surface area contributed by atoms with Crippen LogP contribution in [0.25, 0.3) is 0 Å². The number of aliphatic hydroxyl groups excluding tert-OH is 1. The van der Waals surface area contributed by atoms with Gasteiger partial charge in [-0.2, -0.15) is 0 Å². The molecule has 0 radical (unpaired) electrons. The summed E-state index contributed by atoms with van der Waals surface area (Å²) in [7, 11) is 0. The zero-order valence-corrected chi connectivity index (χ0v) is 16.4. The van der Waals surface area contributed by atoms with Crippen LogP contribution < -0.4 is 5.32 Å². The number of hydrogen-bond acceptors (Lipinski definition) is 2. The highest BCUT2D eigenvalue weighted by Crippen LogP contribution is 2.08. The largest absolute Gasteiger partial charge is 0.389 e. The quantitative estimate of drug-likeness (QED) is 0.279. The van der Waals surface area contributed by atoms with E-state index in [9.17, 15) is 5.11 Å². The molecule has 1 rings (SSSR count). The highest BCUT2D eigenvalue weighted by molar-refractivity contribution is 5.26. The molecule has 0 aromatic heterocycles. The summed E-state index contributed by atoms with van der Waals surface area (Å²) in [5, 5.41) is 13.4. The van der Waals surface area contributed by atoms with E-state index >= 15 is 0 Å². The van der Waals surface area contributed by atoms with Crippen LogP contribution in [0.1, 0.15) is 50.7 Å². The number of rotatable bonds is 13. The first-order chi connectivity index (χ1) is 12.8. The Hall–Kier alpha value is -1.90. The fourth-order valence-corrected chi connectivity index (χ4v) is 2.62. The number of aliphatic hydroxyl groups is 1. The van der Waals surface area contributed by atoms with Crippen molar-refractivity contribution in [3.8, 4) is 0 Å². The van der Waals surface area contributed by atoms with Crippen molar-refractivity contribution >= 4 is 0 Å². The first-order valence-electron chi connectivity index (χ1n) is 9.88. The summed E-state index contributed by atoms with van der Waals surface area (Å²) in [6.45, 7) is 5.99. The Morgan fingerprint density at radius 2 is 1.65 bits per heavy atom. The SMILES string of the molecule is CC/C=C\CC/C=C/C=C\C=C\C(O)CCNCc1ccccc1CC. The van der Waals surface area contributed by atoms with Crippen LogP contribution >= 0.6 is 0 Å². The molecule has 1 unspecified atom stereocenters.